The number of nitro benzene ring substituents is 1. The molecule has 1 aromatic heterocycles. The molecule has 3 aromatic rings. The van der Waals surface area contributed by atoms with Crippen LogP contribution in [0.4, 0.5) is 11.4 Å². The largest absolute Gasteiger partial charge is 0.387 e. The van der Waals surface area contributed by atoms with E-state index in [1.807, 2.05) is 38.1 Å². The maximum absolute atomic E-state index is 13.1. The average Bonchev–Trinajstić information content (AvgIpc) is 3.33. The highest BCUT2D eigenvalue weighted by Crippen LogP contribution is 2.26. The number of carbonyl (C=O) groups excluding carboxylic acids is 1. The summed E-state index contributed by atoms with van der Waals surface area (Å²) in [4.78, 5) is 32.2. The fourth-order valence-electron chi connectivity index (χ4n) is 3.90. The highest BCUT2D eigenvalue weighted by Gasteiger charge is 2.29. The van der Waals surface area contributed by atoms with Crippen molar-refractivity contribution >= 4 is 17.3 Å². The van der Waals surface area contributed by atoms with Gasteiger partial charge in [0.05, 0.1) is 16.5 Å². The maximum Gasteiger partial charge on any atom is 0.270 e. The minimum Gasteiger partial charge on any atom is -0.387 e. The van der Waals surface area contributed by atoms with E-state index in [-0.39, 0.29) is 17.6 Å². The van der Waals surface area contributed by atoms with Gasteiger partial charge in [0.15, 0.2) is 0 Å². The zero-order chi connectivity index (χ0) is 23.5. The lowest BCUT2D eigenvalue weighted by atomic mass is 10.1. The summed E-state index contributed by atoms with van der Waals surface area (Å²) in [6.45, 7) is 6.26. The van der Waals surface area contributed by atoms with Crippen LogP contribution in [-0.2, 0) is 0 Å². The number of aryl methyl sites for hydroxylation is 1. The molecule has 1 aliphatic rings. The van der Waals surface area contributed by atoms with E-state index < -0.39 is 4.92 Å². The van der Waals surface area contributed by atoms with Crippen LogP contribution in [0.15, 0.2) is 47.0 Å². The van der Waals surface area contributed by atoms with Gasteiger partial charge in [-0.25, -0.2) is 0 Å². The van der Waals surface area contributed by atoms with Crippen LogP contribution >= 0.6 is 0 Å². The zero-order valence-electron chi connectivity index (χ0n) is 18.8. The average molecular weight is 450 g/mol. The van der Waals surface area contributed by atoms with Crippen molar-refractivity contribution in [1.29, 1.82) is 0 Å². The van der Waals surface area contributed by atoms with E-state index in [9.17, 15) is 14.9 Å². The van der Waals surface area contributed by atoms with E-state index >= 15 is 0 Å². The molecule has 1 saturated heterocycles. The lowest BCUT2D eigenvalue weighted by Gasteiger charge is -2.37. The number of anilines is 1. The van der Waals surface area contributed by atoms with Gasteiger partial charge < -0.3 is 14.7 Å². The number of benzene rings is 2. The molecule has 2 heterocycles. The summed E-state index contributed by atoms with van der Waals surface area (Å²) >= 11 is 0. The zero-order valence-corrected chi connectivity index (χ0v) is 18.8. The highest BCUT2D eigenvalue weighted by atomic mass is 16.6. The molecule has 4 rings (SSSR count). The summed E-state index contributed by atoms with van der Waals surface area (Å²) in [5, 5.41) is 18.2. The fourth-order valence-corrected chi connectivity index (χ4v) is 3.90. The summed E-state index contributed by atoms with van der Waals surface area (Å²) in [7, 11) is 1.69. The van der Waals surface area contributed by atoms with Crippen LogP contribution in [0, 0.1) is 17.0 Å². The molecule has 10 nitrogen and oxygen atoms in total. The molecule has 1 unspecified atom stereocenters. The van der Waals surface area contributed by atoms with Gasteiger partial charge in [-0.3, -0.25) is 19.8 Å². The summed E-state index contributed by atoms with van der Waals surface area (Å²) in [5.74, 6) is 0.854. The Morgan fingerprint density at radius 2 is 1.85 bits per heavy atom. The molecular weight excluding hydrogens is 424 g/mol. The number of nitrogens with one attached hydrogen (secondary N) is 1. The van der Waals surface area contributed by atoms with Crippen molar-refractivity contribution in [2.75, 3.05) is 38.5 Å². The van der Waals surface area contributed by atoms with Gasteiger partial charge >= 0.3 is 0 Å². The second-order valence-electron chi connectivity index (χ2n) is 8.06. The molecule has 0 spiro atoms. The van der Waals surface area contributed by atoms with Gasteiger partial charge in [-0.2, -0.15) is 4.98 Å². The van der Waals surface area contributed by atoms with Gasteiger partial charge in [0.25, 0.3) is 11.6 Å². The fraction of sp³-hybridized carbons (Fsp3) is 0.348. The second-order valence-corrected chi connectivity index (χ2v) is 8.06. The number of nitrogens with zero attached hydrogens (tertiary/aromatic N) is 5. The van der Waals surface area contributed by atoms with Crippen LogP contribution in [0.5, 0.6) is 0 Å². The molecule has 172 valence electrons. The lowest BCUT2D eigenvalue weighted by Crippen LogP contribution is -2.49. The third-order valence-electron chi connectivity index (χ3n) is 5.97. The van der Waals surface area contributed by atoms with Crippen molar-refractivity contribution < 1.29 is 14.2 Å². The predicted octanol–water partition coefficient (Wildman–Crippen LogP) is 3.51. The van der Waals surface area contributed by atoms with Gasteiger partial charge in [-0.1, -0.05) is 35.0 Å². The molecule has 1 N–H and O–H groups in total. The Balaban J connectivity index is 1.42. The van der Waals surface area contributed by atoms with Crippen molar-refractivity contribution in [2.24, 2.45) is 0 Å². The van der Waals surface area contributed by atoms with Crippen molar-refractivity contribution in [2.45, 2.75) is 19.9 Å². The summed E-state index contributed by atoms with van der Waals surface area (Å²) < 4.78 is 5.52. The van der Waals surface area contributed by atoms with Crippen molar-refractivity contribution in [3.05, 3.63) is 69.6 Å². The summed E-state index contributed by atoms with van der Waals surface area (Å²) in [6.07, 6.45) is 0. The third kappa shape index (κ3) is 4.70. The number of rotatable bonds is 6. The Morgan fingerprint density at radius 3 is 2.48 bits per heavy atom. The molecule has 0 radical (unpaired) electrons. The van der Waals surface area contributed by atoms with Crippen LogP contribution in [-0.4, -0.2) is 64.0 Å². The SMILES string of the molecule is CNc1ccc([N+](=O)[O-])cc1C(=O)N1CCN(C(C)c2nc(-c3ccc(C)cc3)no2)CC1. The van der Waals surface area contributed by atoms with E-state index in [0.29, 0.717) is 49.1 Å². The highest BCUT2D eigenvalue weighted by molar-refractivity contribution is 6.00. The van der Waals surface area contributed by atoms with Gasteiger partial charge in [0, 0.05) is 56.6 Å². The van der Waals surface area contributed by atoms with E-state index in [4.69, 9.17) is 4.52 Å². The van der Waals surface area contributed by atoms with Crippen LogP contribution in [0.3, 0.4) is 0 Å². The molecule has 0 saturated carbocycles. The quantitative estimate of drug-likeness (QED) is 0.448. The normalized spacial score (nSPS) is 15.3. The Kier molecular flexibility index (Phi) is 6.36. The first-order valence-corrected chi connectivity index (χ1v) is 10.8. The first-order valence-electron chi connectivity index (χ1n) is 10.8. The number of nitro groups is 1. The number of hydrogen-bond acceptors (Lipinski definition) is 8. The minimum absolute atomic E-state index is 0.0976. The molecule has 33 heavy (non-hydrogen) atoms. The van der Waals surface area contributed by atoms with E-state index in [1.165, 1.54) is 12.1 Å². The van der Waals surface area contributed by atoms with Gasteiger partial charge in [0.2, 0.25) is 11.7 Å². The second kappa shape index (κ2) is 9.37. The Bertz CT molecular complexity index is 1150. The summed E-state index contributed by atoms with van der Waals surface area (Å²) in [6, 6.07) is 12.1. The van der Waals surface area contributed by atoms with Crippen LogP contribution < -0.4 is 5.32 Å². The first-order chi connectivity index (χ1) is 15.9. The molecule has 1 amide bonds. The molecule has 1 fully saturated rings. The molecule has 1 atom stereocenters. The smallest absolute Gasteiger partial charge is 0.270 e. The number of carbonyl (C=O) groups is 1. The third-order valence-corrected chi connectivity index (χ3v) is 5.97. The maximum atomic E-state index is 13.1. The van der Waals surface area contributed by atoms with E-state index in [2.05, 4.69) is 20.4 Å². The molecule has 0 aliphatic carbocycles. The Morgan fingerprint density at radius 1 is 1.15 bits per heavy atom. The molecule has 10 heteroatoms. The van der Waals surface area contributed by atoms with Crippen LogP contribution in [0.25, 0.3) is 11.4 Å². The minimum atomic E-state index is -0.495. The Labute approximate surface area is 191 Å². The lowest BCUT2D eigenvalue weighted by molar-refractivity contribution is -0.384. The predicted molar refractivity (Wildman–Crippen MR) is 123 cm³/mol. The number of non-ortho nitro benzene ring substituents is 1. The van der Waals surface area contributed by atoms with Crippen LogP contribution in [0.1, 0.15) is 34.8 Å². The number of amides is 1. The molecule has 2 aromatic carbocycles. The van der Waals surface area contributed by atoms with E-state index in [0.717, 1.165) is 11.1 Å². The molecular formula is C23H26N6O4. The van der Waals surface area contributed by atoms with Crippen molar-refractivity contribution in [3.8, 4) is 11.4 Å². The number of aromatic nitrogens is 2. The van der Waals surface area contributed by atoms with Crippen molar-refractivity contribution in [3.63, 3.8) is 0 Å². The monoisotopic (exact) mass is 450 g/mol. The van der Waals surface area contributed by atoms with E-state index in [1.54, 1.807) is 18.0 Å². The van der Waals surface area contributed by atoms with Gasteiger partial charge in [-0.05, 0) is 19.9 Å². The van der Waals surface area contributed by atoms with Crippen LogP contribution in [0.2, 0.25) is 0 Å². The van der Waals surface area contributed by atoms with Gasteiger partial charge in [-0.15, -0.1) is 0 Å². The number of hydrogen-bond donors (Lipinski definition) is 1. The standard InChI is InChI=1S/C23H26N6O4/c1-15-4-6-17(7-5-15)21-25-22(33-26-21)16(2)27-10-12-28(13-11-27)23(30)19-14-18(29(31)32)8-9-20(19)24-3/h4-9,14,16,24H,10-13H2,1-3H3. The number of piperazine rings is 1. The molecule has 1 aliphatic heterocycles. The Hall–Kier alpha value is -3.79. The van der Waals surface area contributed by atoms with Gasteiger partial charge in [0.1, 0.15) is 0 Å². The van der Waals surface area contributed by atoms with Crippen molar-refractivity contribution in [1.82, 2.24) is 19.9 Å². The summed E-state index contributed by atoms with van der Waals surface area (Å²) in [5.41, 5.74) is 2.82. The molecule has 0 bridgehead atoms. The first kappa shape index (κ1) is 22.4. The topological polar surface area (TPSA) is 118 Å².